The van der Waals surface area contributed by atoms with Crippen LogP contribution in [0.1, 0.15) is 18.2 Å². The van der Waals surface area contributed by atoms with Crippen molar-refractivity contribution in [2.45, 2.75) is 20.3 Å². The van der Waals surface area contributed by atoms with Crippen LogP contribution in [0.5, 0.6) is 0 Å². The van der Waals surface area contributed by atoms with E-state index in [0.717, 1.165) is 16.9 Å². The summed E-state index contributed by atoms with van der Waals surface area (Å²) in [4.78, 5) is 11.1. The Kier molecular flexibility index (Phi) is 3.29. The van der Waals surface area contributed by atoms with Gasteiger partial charge in [0.15, 0.2) is 0 Å². The van der Waals surface area contributed by atoms with Gasteiger partial charge in [-0.3, -0.25) is 4.79 Å². The summed E-state index contributed by atoms with van der Waals surface area (Å²) in [5.41, 5.74) is 2.63. The van der Waals surface area contributed by atoms with E-state index >= 15 is 0 Å². The first-order chi connectivity index (χ1) is 8.08. The smallest absolute Gasteiger partial charge is 0.134 e. The highest BCUT2D eigenvalue weighted by molar-refractivity contribution is 6.32. The van der Waals surface area contributed by atoms with Gasteiger partial charge >= 0.3 is 0 Å². The molecule has 0 saturated carbocycles. The van der Waals surface area contributed by atoms with Crippen molar-refractivity contribution in [1.82, 2.24) is 9.78 Å². The number of halogens is 1. The molecule has 0 aliphatic rings. The maximum Gasteiger partial charge on any atom is 0.134 e. The third kappa shape index (κ3) is 2.56. The van der Waals surface area contributed by atoms with E-state index in [9.17, 15) is 4.79 Å². The molecule has 0 aliphatic heterocycles. The van der Waals surface area contributed by atoms with Crippen molar-refractivity contribution in [3.63, 3.8) is 0 Å². The number of hydrogen-bond acceptors (Lipinski definition) is 2. The van der Waals surface area contributed by atoms with E-state index in [-0.39, 0.29) is 5.78 Å². The quantitative estimate of drug-likeness (QED) is 0.837. The Balaban J connectivity index is 2.41. The first kappa shape index (κ1) is 11.9. The van der Waals surface area contributed by atoms with Gasteiger partial charge in [0.2, 0.25) is 0 Å². The van der Waals surface area contributed by atoms with Gasteiger partial charge in [0.1, 0.15) is 5.78 Å². The van der Waals surface area contributed by atoms with Crippen molar-refractivity contribution in [3.8, 4) is 5.69 Å². The molecule has 0 fully saturated rings. The maximum atomic E-state index is 11.1. The van der Waals surface area contributed by atoms with Crippen LogP contribution >= 0.6 is 11.6 Å². The highest BCUT2D eigenvalue weighted by Crippen LogP contribution is 2.20. The number of nitrogens with zero attached hydrogens (tertiary/aromatic N) is 2. The van der Waals surface area contributed by atoms with Crippen LogP contribution in [0.2, 0.25) is 5.02 Å². The Morgan fingerprint density at radius 2 is 2.12 bits per heavy atom. The lowest BCUT2D eigenvalue weighted by molar-refractivity contribution is -0.116. The molecular weight excluding hydrogens is 236 g/mol. The third-order valence-electron chi connectivity index (χ3n) is 2.54. The Labute approximate surface area is 105 Å². The van der Waals surface area contributed by atoms with Crippen molar-refractivity contribution >= 4 is 17.4 Å². The summed E-state index contributed by atoms with van der Waals surface area (Å²) in [5.74, 6) is 0.131. The minimum absolute atomic E-state index is 0.131. The van der Waals surface area contributed by atoms with Crippen molar-refractivity contribution in [2.75, 3.05) is 0 Å². The fraction of sp³-hybridized carbons (Fsp3) is 0.231. The molecule has 2 rings (SSSR count). The summed E-state index contributed by atoms with van der Waals surface area (Å²) in [6.45, 7) is 3.47. The van der Waals surface area contributed by atoms with Gasteiger partial charge in [0, 0.05) is 18.2 Å². The first-order valence-electron chi connectivity index (χ1n) is 5.37. The predicted octanol–water partition coefficient (Wildman–Crippen LogP) is 2.97. The van der Waals surface area contributed by atoms with Gasteiger partial charge < -0.3 is 0 Å². The monoisotopic (exact) mass is 248 g/mol. The molecule has 1 aromatic heterocycles. The van der Waals surface area contributed by atoms with Crippen molar-refractivity contribution in [2.24, 2.45) is 0 Å². The molecule has 1 aromatic carbocycles. The molecule has 0 radical (unpaired) electrons. The lowest BCUT2D eigenvalue weighted by Gasteiger charge is -2.02. The number of carbonyl (C=O) groups excluding carboxylic acids is 1. The van der Waals surface area contributed by atoms with Crippen molar-refractivity contribution < 1.29 is 4.79 Å². The molecule has 0 aliphatic carbocycles. The number of ketones is 1. The zero-order valence-electron chi connectivity index (χ0n) is 9.77. The average Bonchev–Trinajstić information content (AvgIpc) is 2.60. The standard InChI is InChI=1S/C13H13ClN2O/c1-9(17)7-11-8-16(15-10(11)2)13-6-4-3-5-12(13)14/h3-6,8H,7H2,1-2H3. The summed E-state index contributed by atoms with van der Waals surface area (Å²) < 4.78 is 1.72. The Bertz CT molecular complexity index is 560. The summed E-state index contributed by atoms with van der Waals surface area (Å²) in [5, 5.41) is 5.02. The van der Waals surface area contributed by atoms with Crippen LogP contribution in [0.15, 0.2) is 30.5 Å². The zero-order valence-corrected chi connectivity index (χ0v) is 10.5. The van der Waals surface area contributed by atoms with E-state index in [1.807, 2.05) is 37.4 Å². The second-order valence-electron chi connectivity index (χ2n) is 4.01. The van der Waals surface area contributed by atoms with Gasteiger partial charge in [-0.2, -0.15) is 5.10 Å². The number of benzene rings is 1. The number of para-hydroxylation sites is 1. The Morgan fingerprint density at radius 3 is 2.76 bits per heavy atom. The summed E-state index contributed by atoms with van der Waals surface area (Å²) in [6, 6.07) is 7.49. The number of aromatic nitrogens is 2. The highest BCUT2D eigenvalue weighted by atomic mass is 35.5. The largest absolute Gasteiger partial charge is 0.300 e. The van der Waals surface area contributed by atoms with Gasteiger partial charge in [-0.15, -0.1) is 0 Å². The number of aryl methyl sites for hydroxylation is 1. The van der Waals surface area contributed by atoms with E-state index in [1.54, 1.807) is 11.6 Å². The third-order valence-corrected chi connectivity index (χ3v) is 2.86. The van der Waals surface area contributed by atoms with Gasteiger partial charge in [-0.1, -0.05) is 23.7 Å². The molecule has 0 atom stereocenters. The van der Waals surface area contributed by atoms with E-state index in [1.165, 1.54) is 0 Å². The fourth-order valence-electron chi connectivity index (χ4n) is 1.70. The van der Waals surface area contributed by atoms with Gasteiger partial charge in [0.25, 0.3) is 0 Å². The van der Waals surface area contributed by atoms with Crippen LogP contribution in [0.3, 0.4) is 0 Å². The fourth-order valence-corrected chi connectivity index (χ4v) is 1.92. The molecule has 2 aromatic rings. The zero-order chi connectivity index (χ0) is 12.4. The van der Waals surface area contributed by atoms with Crippen LogP contribution in [-0.4, -0.2) is 15.6 Å². The van der Waals surface area contributed by atoms with Gasteiger partial charge in [0.05, 0.1) is 16.4 Å². The van der Waals surface area contributed by atoms with E-state index in [2.05, 4.69) is 5.10 Å². The van der Waals surface area contributed by atoms with Crippen molar-refractivity contribution in [3.05, 3.63) is 46.7 Å². The first-order valence-corrected chi connectivity index (χ1v) is 5.75. The molecule has 17 heavy (non-hydrogen) atoms. The maximum absolute atomic E-state index is 11.1. The Morgan fingerprint density at radius 1 is 1.41 bits per heavy atom. The average molecular weight is 249 g/mol. The van der Waals surface area contributed by atoms with Crippen molar-refractivity contribution in [1.29, 1.82) is 0 Å². The number of hydrogen-bond donors (Lipinski definition) is 0. The van der Waals surface area contributed by atoms with Crippen LogP contribution in [0.25, 0.3) is 5.69 Å². The molecule has 0 N–H and O–H groups in total. The summed E-state index contributed by atoms with van der Waals surface area (Å²) >= 11 is 6.10. The predicted molar refractivity (Wildman–Crippen MR) is 67.7 cm³/mol. The summed E-state index contributed by atoms with van der Waals surface area (Å²) in [7, 11) is 0. The topological polar surface area (TPSA) is 34.9 Å². The van der Waals surface area contributed by atoms with Gasteiger partial charge in [-0.25, -0.2) is 4.68 Å². The van der Waals surface area contributed by atoms with Crippen LogP contribution in [-0.2, 0) is 11.2 Å². The minimum Gasteiger partial charge on any atom is -0.300 e. The highest BCUT2D eigenvalue weighted by Gasteiger charge is 2.09. The summed E-state index contributed by atoms with van der Waals surface area (Å²) in [6.07, 6.45) is 2.27. The van der Waals surface area contributed by atoms with Crippen LogP contribution < -0.4 is 0 Å². The van der Waals surface area contributed by atoms with Crippen LogP contribution in [0.4, 0.5) is 0 Å². The molecule has 4 heteroatoms. The second kappa shape index (κ2) is 4.72. The number of Topliss-reactive ketones (excluding diaryl/α,β-unsaturated/α-hetero) is 1. The molecule has 0 saturated heterocycles. The van der Waals surface area contributed by atoms with Gasteiger partial charge in [-0.05, 0) is 26.0 Å². The molecule has 88 valence electrons. The molecule has 1 heterocycles. The molecule has 0 spiro atoms. The lowest BCUT2D eigenvalue weighted by Crippen LogP contribution is -1.96. The molecular formula is C13H13ClN2O. The molecule has 0 unspecified atom stereocenters. The SMILES string of the molecule is CC(=O)Cc1cn(-c2ccccc2Cl)nc1C. The normalized spacial score (nSPS) is 10.5. The second-order valence-corrected chi connectivity index (χ2v) is 4.42. The molecule has 0 bridgehead atoms. The Hall–Kier alpha value is -1.61. The number of carbonyl (C=O) groups is 1. The lowest BCUT2D eigenvalue weighted by atomic mass is 10.1. The van der Waals surface area contributed by atoms with E-state index in [0.29, 0.717) is 11.4 Å². The van der Waals surface area contributed by atoms with Crippen LogP contribution in [0, 0.1) is 6.92 Å². The van der Waals surface area contributed by atoms with E-state index < -0.39 is 0 Å². The molecule has 0 amide bonds. The minimum atomic E-state index is 0.131. The van der Waals surface area contributed by atoms with E-state index in [4.69, 9.17) is 11.6 Å². The molecule has 3 nitrogen and oxygen atoms in total. The number of rotatable bonds is 3.